The number of hydrogen-bond donors (Lipinski definition) is 4. The van der Waals surface area contributed by atoms with Crippen molar-refractivity contribution in [3.63, 3.8) is 0 Å². The van der Waals surface area contributed by atoms with E-state index in [1.165, 1.54) is 38.5 Å². The highest BCUT2D eigenvalue weighted by Gasteiger charge is 2.50. The molecule has 0 amide bonds. The minimum atomic E-state index is -1.57. The summed E-state index contributed by atoms with van der Waals surface area (Å²) in [5, 5.41) is 41.6. The van der Waals surface area contributed by atoms with E-state index in [1.54, 1.807) is 0 Å². The average molecular weight is 591 g/mol. The molecule has 11 nitrogen and oxygen atoms in total. The number of esters is 2. The Bertz CT molecular complexity index is 721. The summed E-state index contributed by atoms with van der Waals surface area (Å²) in [4.78, 5) is 24.1. The molecule has 0 unspecified atom stereocenters. The average Bonchev–Trinajstić information content (AvgIpc) is 3.38. The minimum Gasteiger partial charge on any atom is -0.463 e. The van der Waals surface area contributed by atoms with Gasteiger partial charge in [-0.15, -0.1) is 0 Å². The van der Waals surface area contributed by atoms with Gasteiger partial charge in [-0.3, -0.25) is 9.59 Å². The molecule has 0 bridgehead atoms. The fraction of sp³-hybridized carbons (Fsp3) is 0.933. The molecular formula is C30H54O11. The van der Waals surface area contributed by atoms with E-state index < -0.39 is 61.1 Å². The quantitative estimate of drug-likeness (QED) is 0.108. The van der Waals surface area contributed by atoms with Crippen LogP contribution < -0.4 is 0 Å². The Labute approximate surface area is 244 Å². The largest absolute Gasteiger partial charge is 0.463 e. The lowest BCUT2D eigenvalue weighted by Gasteiger charge is -2.23. The van der Waals surface area contributed by atoms with Crippen molar-refractivity contribution in [2.45, 2.75) is 166 Å². The lowest BCUT2D eigenvalue weighted by molar-refractivity contribution is -0.236. The third kappa shape index (κ3) is 13.2. The molecule has 2 aliphatic heterocycles. The zero-order chi connectivity index (χ0) is 30.0. The molecule has 0 aromatic rings. The van der Waals surface area contributed by atoms with E-state index in [4.69, 9.17) is 23.7 Å². The Kier molecular flexibility index (Phi) is 18.0. The second kappa shape index (κ2) is 20.5. The first-order chi connectivity index (χ1) is 19.8. The minimum absolute atomic E-state index is 0.262. The summed E-state index contributed by atoms with van der Waals surface area (Å²) in [6.07, 6.45) is 4.99. The summed E-state index contributed by atoms with van der Waals surface area (Å²) in [6, 6.07) is 0. The Morgan fingerprint density at radius 2 is 1.02 bits per heavy atom. The first-order valence-electron chi connectivity index (χ1n) is 15.8. The van der Waals surface area contributed by atoms with E-state index in [9.17, 15) is 30.0 Å². The summed E-state index contributed by atoms with van der Waals surface area (Å²) < 4.78 is 26.8. The van der Waals surface area contributed by atoms with Crippen LogP contribution in [0.5, 0.6) is 0 Å². The van der Waals surface area contributed by atoms with Crippen LogP contribution in [0.1, 0.15) is 117 Å². The van der Waals surface area contributed by atoms with Gasteiger partial charge in [0, 0.05) is 12.8 Å². The molecule has 0 aliphatic carbocycles. The van der Waals surface area contributed by atoms with E-state index in [-0.39, 0.29) is 26.1 Å². The van der Waals surface area contributed by atoms with Crippen molar-refractivity contribution in [1.29, 1.82) is 0 Å². The van der Waals surface area contributed by atoms with Gasteiger partial charge in [0.1, 0.15) is 49.8 Å². The molecule has 2 fully saturated rings. The maximum Gasteiger partial charge on any atom is 0.305 e. The monoisotopic (exact) mass is 590 g/mol. The van der Waals surface area contributed by atoms with Crippen LogP contribution in [0.2, 0.25) is 0 Å². The molecule has 2 rings (SSSR count). The lowest BCUT2D eigenvalue weighted by Crippen LogP contribution is -2.43. The first-order valence-corrected chi connectivity index (χ1v) is 15.8. The summed E-state index contributed by atoms with van der Waals surface area (Å²) in [7, 11) is 0. The van der Waals surface area contributed by atoms with Crippen LogP contribution in [-0.4, -0.2) is 94.8 Å². The van der Waals surface area contributed by atoms with Gasteiger partial charge in [-0.25, -0.2) is 0 Å². The standard InChI is InChI=1S/C30H54O11/c1-3-5-7-9-11-13-15-17-23(31)37-19-21-25(33)27(35)30(40-21)41-28-26(34)22(39-29(28)36)20-38-24(32)18-16-14-12-10-8-6-4-2/h21-22,25-30,33-36H,3-20H2,1-2H3/t21-,22-,25-,26-,27+,28+,29+,30+/m1/s1. The van der Waals surface area contributed by atoms with Gasteiger partial charge >= 0.3 is 11.9 Å². The van der Waals surface area contributed by atoms with Gasteiger partial charge in [0.25, 0.3) is 0 Å². The molecular weight excluding hydrogens is 536 g/mol. The van der Waals surface area contributed by atoms with Gasteiger partial charge in [-0.1, -0.05) is 90.9 Å². The second-order valence-corrected chi connectivity index (χ2v) is 11.3. The number of ether oxygens (including phenoxy) is 5. The number of hydrogen-bond acceptors (Lipinski definition) is 11. The third-order valence-corrected chi connectivity index (χ3v) is 7.71. The van der Waals surface area contributed by atoms with E-state index in [0.29, 0.717) is 0 Å². The Morgan fingerprint density at radius 1 is 0.585 bits per heavy atom. The Hall–Kier alpha value is -1.34. The van der Waals surface area contributed by atoms with E-state index in [2.05, 4.69) is 13.8 Å². The van der Waals surface area contributed by atoms with Gasteiger partial charge in [-0.05, 0) is 12.8 Å². The molecule has 41 heavy (non-hydrogen) atoms. The van der Waals surface area contributed by atoms with E-state index in [1.807, 2.05) is 0 Å². The van der Waals surface area contributed by atoms with Crippen LogP contribution in [0.4, 0.5) is 0 Å². The maximum atomic E-state index is 12.1. The highest BCUT2D eigenvalue weighted by Crippen LogP contribution is 2.29. The SMILES string of the molecule is CCCCCCCCCC(=O)OC[C@H]1O[C@@H](O[C@H]2[C@H](O)[C@@H](COC(=O)CCCCCCCCC)O[C@@H]2O)[C@@H](O)[C@@H]1O. The van der Waals surface area contributed by atoms with E-state index >= 15 is 0 Å². The Morgan fingerprint density at radius 3 is 1.51 bits per heavy atom. The molecule has 11 heteroatoms. The lowest BCUT2D eigenvalue weighted by atomic mass is 10.1. The van der Waals surface area contributed by atoms with Gasteiger partial charge in [0.2, 0.25) is 0 Å². The fourth-order valence-corrected chi connectivity index (χ4v) is 5.07. The number of rotatable bonds is 22. The molecule has 0 saturated carbocycles. The van der Waals surface area contributed by atoms with Crippen molar-refractivity contribution in [2.75, 3.05) is 13.2 Å². The highest BCUT2D eigenvalue weighted by molar-refractivity contribution is 5.69. The van der Waals surface area contributed by atoms with Crippen LogP contribution in [0.3, 0.4) is 0 Å². The third-order valence-electron chi connectivity index (χ3n) is 7.71. The summed E-state index contributed by atoms with van der Waals surface area (Å²) >= 11 is 0. The first kappa shape index (κ1) is 35.9. The number of aliphatic hydroxyl groups is 4. The van der Waals surface area contributed by atoms with Crippen molar-refractivity contribution in [2.24, 2.45) is 0 Å². The van der Waals surface area contributed by atoms with Crippen LogP contribution in [-0.2, 0) is 33.3 Å². The normalized spacial score (nSPS) is 29.6. The van der Waals surface area contributed by atoms with Gasteiger partial charge in [0.15, 0.2) is 12.6 Å². The van der Waals surface area contributed by atoms with Crippen molar-refractivity contribution < 1.29 is 53.7 Å². The molecule has 0 radical (unpaired) electrons. The number of unbranched alkanes of at least 4 members (excludes halogenated alkanes) is 12. The summed E-state index contributed by atoms with van der Waals surface area (Å²) in [5.41, 5.74) is 0. The van der Waals surface area contributed by atoms with Crippen molar-refractivity contribution in [3.8, 4) is 0 Å². The van der Waals surface area contributed by atoms with E-state index in [0.717, 1.165) is 51.4 Å². The predicted octanol–water partition coefficient (Wildman–Crippen LogP) is 3.26. The smallest absolute Gasteiger partial charge is 0.305 e. The van der Waals surface area contributed by atoms with Crippen LogP contribution in [0.15, 0.2) is 0 Å². The molecule has 2 heterocycles. The zero-order valence-corrected chi connectivity index (χ0v) is 25.0. The van der Waals surface area contributed by atoms with Gasteiger partial charge < -0.3 is 44.1 Å². The molecule has 8 atom stereocenters. The number of aliphatic hydroxyl groups excluding tert-OH is 4. The molecule has 0 aromatic heterocycles. The van der Waals surface area contributed by atoms with Gasteiger partial charge in [-0.2, -0.15) is 0 Å². The van der Waals surface area contributed by atoms with Gasteiger partial charge in [0.05, 0.1) is 0 Å². The molecule has 0 spiro atoms. The summed E-state index contributed by atoms with van der Waals surface area (Å²) in [6.45, 7) is 3.80. The van der Waals surface area contributed by atoms with Crippen molar-refractivity contribution >= 4 is 11.9 Å². The molecule has 2 saturated heterocycles. The van der Waals surface area contributed by atoms with Crippen molar-refractivity contribution in [1.82, 2.24) is 0 Å². The Balaban J connectivity index is 1.66. The molecule has 2 aliphatic rings. The fourth-order valence-electron chi connectivity index (χ4n) is 5.07. The molecule has 4 N–H and O–H groups in total. The van der Waals surface area contributed by atoms with Crippen LogP contribution in [0, 0.1) is 0 Å². The predicted molar refractivity (Wildman–Crippen MR) is 150 cm³/mol. The van der Waals surface area contributed by atoms with Crippen LogP contribution >= 0.6 is 0 Å². The number of carbonyl (C=O) groups excluding carboxylic acids is 2. The zero-order valence-electron chi connectivity index (χ0n) is 25.0. The highest BCUT2D eigenvalue weighted by atomic mass is 16.7. The molecule has 0 aromatic carbocycles. The molecule has 240 valence electrons. The van der Waals surface area contributed by atoms with Crippen molar-refractivity contribution in [3.05, 3.63) is 0 Å². The topological polar surface area (TPSA) is 161 Å². The van der Waals surface area contributed by atoms with Crippen LogP contribution in [0.25, 0.3) is 0 Å². The number of carbonyl (C=O) groups is 2. The summed E-state index contributed by atoms with van der Waals surface area (Å²) in [5.74, 6) is -0.817. The second-order valence-electron chi connectivity index (χ2n) is 11.3. The maximum absolute atomic E-state index is 12.1.